The molecule has 0 radical (unpaired) electrons. The number of anilines is 1. The number of nitrogens with zero attached hydrogens (tertiary/aromatic N) is 2. The predicted octanol–water partition coefficient (Wildman–Crippen LogP) is 3.54. The molecule has 21 heavy (non-hydrogen) atoms. The first kappa shape index (κ1) is 18.2. The number of amides is 1. The van der Waals surface area contributed by atoms with Crippen molar-refractivity contribution in [2.24, 2.45) is 0 Å². The van der Waals surface area contributed by atoms with E-state index in [0.717, 1.165) is 22.4 Å². The van der Waals surface area contributed by atoms with Crippen LogP contribution in [0.1, 0.15) is 52.9 Å². The van der Waals surface area contributed by atoms with Gasteiger partial charge in [0.25, 0.3) is 0 Å². The van der Waals surface area contributed by atoms with Crippen LogP contribution in [0.5, 0.6) is 0 Å². The molecule has 1 amide bonds. The van der Waals surface area contributed by atoms with Crippen LogP contribution in [0.3, 0.4) is 0 Å². The SMILES string of the molecule is CCCCCC[C@@H](C)NC(=O)CSc1nnc(NCC)s1. The van der Waals surface area contributed by atoms with E-state index in [2.05, 4.69) is 34.7 Å². The fourth-order valence-electron chi connectivity index (χ4n) is 1.88. The van der Waals surface area contributed by atoms with Crippen LogP contribution in [0.15, 0.2) is 4.34 Å². The Hall–Kier alpha value is -0.820. The lowest BCUT2D eigenvalue weighted by Gasteiger charge is -2.13. The molecule has 2 N–H and O–H groups in total. The van der Waals surface area contributed by atoms with Crippen molar-refractivity contribution in [2.75, 3.05) is 17.6 Å². The average Bonchev–Trinajstić information content (AvgIpc) is 2.90. The minimum absolute atomic E-state index is 0.0724. The van der Waals surface area contributed by atoms with E-state index in [0.29, 0.717) is 5.75 Å². The number of thioether (sulfide) groups is 1. The Labute approximate surface area is 135 Å². The van der Waals surface area contributed by atoms with E-state index in [1.54, 1.807) is 0 Å². The van der Waals surface area contributed by atoms with Gasteiger partial charge in [0.05, 0.1) is 5.75 Å². The number of aromatic nitrogens is 2. The first-order chi connectivity index (χ1) is 10.2. The Kier molecular flexibility index (Phi) is 9.41. The number of carbonyl (C=O) groups is 1. The van der Waals surface area contributed by atoms with Crippen molar-refractivity contribution in [2.45, 2.75) is 63.3 Å². The summed E-state index contributed by atoms with van der Waals surface area (Å²) in [5, 5.41) is 15.0. The molecule has 5 nitrogen and oxygen atoms in total. The van der Waals surface area contributed by atoms with Crippen LogP contribution in [0.25, 0.3) is 0 Å². The van der Waals surface area contributed by atoms with Gasteiger partial charge in [0.2, 0.25) is 11.0 Å². The van der Waals surface area contributed by atoms with Crippen molar-refractivity contribution < 1.29 is 4.79 Å². The number of nitrogens with one attached hydrogen (secondary N) is 2. The van der Waals surface area contributed by atoms with Crippen molar-refractivity contribution in [3.8, 4) is 0 Å². The van der Waals surface area contributed by atoms with E-state index in [1.165, 1.54) is 48.8 Å². The van der Waals surface area contributed by atoms with Crippen LogP contribution >= 0.6 is 23.1 Å². The van der Waals surface area contributed by atoms with E-state index < -0.39 is 0 Å². The summed E-state index contributed by atoms with van der Waals surface area (Å²) < 4.78 is 0.830. The molecular formula is C14H26N4OS2. The second-order valence-corrected chi connectivity index (χ2v) is 7.21. The van der Waals surface area contributed by atoms with Crippen molar-refractivity contribution in [1.29, 1.82) is 0 Å². The lowest BCUT2D eigenvalue weighted by Crippen LogP contribution is -2.33. The van der Waals surface area contributed by atoms with Gasteiger partial charge in [-0.1, -0.05) is 55.7 Å². The molecule has 1 rings (SSSR count). The third-order valence-corrected chi connectivity index (χ3v) is 4.97. The molecule has 0 saturated heterocycles. The monoisotopic (exact) mass is 330 g/mol. The zero-order valence-corrected chi connectivity index (χ0v) is 14.8. The molecule has 1 aromatic heterocycles. The third-order valence-electron chi connectivity index (χ3n) is 2.96. The van der Waals surface area contributed by atoms with Crippen LogP contribution in [-0.2, 0) is 4.79 Å². The van der Waals surface area contributed by atoms with Crippen molar-refractivity contribution in [3.05, 3.63) is 0 Å². The highest BCUT2D eigenvalue weighted by Gasteiger charge is 2.10. The normalized spacial score (nSPS) is 12.1. The van der Waals surface area contributed by atoms with Gasteiger partial charge < -0.3 is 10.6 Å². The maximum absolute atomic E-state index is 11.9. The van der Waals surface area contributed by atoms with Gasteiger partial charge in [-0.05, 0) is 20.3 Å². The number of hydrogen-bond donors (Lipinski definition) is 2. The molecule has 0 fully saturated rings. The number of unbranched alkanes of at least 4 members (excludes halogenated alkanes) is 3. The molecule has 1 heterocycles. The lowest BCUT2D eigenvalue weighted by atomic mass is 10.1. The Morgan fingerprint density at radius 2 is 2.10 bits per heavy atom. The first-order valence-electron chi connectivity index (χ1n) is 7.65. The highest BCUT2D eigenvalue weighted by atomic mass is 32.2. The standard InChI is InChI=1S/C14H26N4OS2/c1-4-6-7-8-9-11(3)16-12(19)10-20-14-18-17-13(21-14)15-5-2/h11H,4-10H2,1-3H3,(H,15,17)(H,16,19)/t11-/m1/s1. The van der Waals surface area contributed by atoms with Gasteiger partial charge in [-0.2, -0.15) is 0 Å². The summed E-state index contributed by atoms with van der Waals surface area (Å²) in [7, 11) is 0. The molecule has 0 unspecified atom stereocenters. The molecule has 0 aliphatic rings. The summed E-state index contributed by atoms with van der Waals surface area (Å²) in [6.07, 6.45) is 6.02. The van der Waals surface area contributed by atoms with Crippen LogP contribution < -0.4 is 10.6 Å². The number of hydrogen-bond acceptors (Lipinski definition) is 6. The van der Waals surface area contributed by atoms with Gasteiger partial charge in [0.15, 0.2) is 4.34 Å². The van der Waals surface area contributed by atoms with Gasteiger partial charge in [0.1, 0.15) is 0 Å². The predicted molar refractivity (Wildman–Crippen MR) is 91.2 cm³/mol. The summed E-state index contributed by atoms with van der Waals surface area (Å²) in [6.45, 7) is 7.12. The van der Waals surface area contributed by atoms with E-state index >= 15 is 0 Å². The zero-order chi connectivity index (χ0) is 15.5. The molecule has 0 aromatic carbocycles. The van der Waals surface area contributed by atoms with Gasteiger partial charge in [0, 0.05) is 12.6 Å². The second-order valence-electron chi connectivity index (χ2n) is 5.01. The Morgan fingerprint density at radius 1 is 1.29 bits per heavy atom. The highest BCUT2D eigenvalue weighted by Crippen LogP contribution is 2.25. The highest BCUT2D eigenvalue weighted by molar-refractivity contribution is 8.01. The molecule has 0 aliphatic heterocycles. The molecule has 0 bridgehead atoms. The average molecular weight is 331 g/mol. The summed E-state index contributed by atoms with van der Waals surface area (Å²) in [5.74, 6) is 0.475. The molecular weight excluding hydrogens is 304 g/mol. The van der Waals surface area contributed by atoms with Crippen LogP contribution in [0, 0.1) is 0 Å². The fraction of sp³-hybridized carbons (Fsp3) is 0.786. The smallest absolute Gasteiger partial charge is 0.230 e. The maximum Gasteiger partial charge on any atom is 0.230 e. The summed E-state index contributed by atoms with van der Waals surface area (Å²) in [4.78, 5) is 11.9. The molecule has 1 aromatic rings. The van der Waals surface area contributed by atoms with Crippen LogP contribution in [0.4, 0.5) is 5.13 Å². The largest absolute Gasteiger partial charge is 0.360 e. The molecule has 0 aliphatic carbocycles. The van der Waals surface area contributed by atoms with Gasteiger partial charge in [-0.3, -0.25) is 4.79 Å². The topological polar surface area (TPSA) is 66.9 Å². The number of carbonyl (C=O) groups excluding carboxylic acids is 1. The Bertz CT molecular complexity index is 411. The van der Waals surface area contributed by atoms with Crippen LogP contribution in [-0.4, -0.2) is 34.4 Å². The molecule has 1 atom stereocenters. The van der Waals surface area contributed by atoms with Gasteiger partial charge in [-0.15, -0.1) is 10.2 Å². The molecule has 7 heteroatoms. The quantitative estimate of drug-likeness (QED) is 0.480. The second kappa shape index (κ2) is 10.8. The summed E-state index contributed by atoms with van der Waals surface area (Å²) in [6, 6.07) is 0.252. The Balaban J connectivity index is 2.17. The minimum atomic E-state index is 0.0724. The summed E-state index contributed by atoms with van der Waals surface area (Å²) >= 11 is 2.93. The van der Waals surface area contributed by atoms with E-state index in [-0.39, 0.29) is 11.9 Å². The summed E-state index contributed by atoms with van der Waals surface area (Å²) in [5.41, 5.74) is 0. The lowest BCUT2D eigenvalue weighted by molar-refractivity contribution is -0.119. The van der Waals surface area contributed by atoms with E-state index in [4.69, 9.17) is 0 Å². The van der Waals surface area contributed by atoms with Gasteiger partial charge in [-0.25, -0.2) is 0 Å². The minimum Gasteiger partial charge on any atom is -0.360 e. The van der Waals surface area contributed by atoms with Crippen molar-refractivity contribution in [3.63, 3.8) is 0 Å². The Morgan fingerprint density at radius 3 is 2.81 bits per heavy atom. The van der Waals surface area contributed by atoms with Crippen LogP contribution in [0.2, 0.25) is 0 Å². The first-order valence-corrected chi connectivity index (χ1v) is 9.45. The fourth-order valence-corrected chi connectivity index (χ4v) is 3.51. The van der Waals surface area contributed by atoms with E-state index in [1.807, 2.05) is 6.92 Å². The number of rotatable bonds is 11. The molecule has 0 spiro atoms. The zero-order valence-electron chi connectivity index (χ0n) is 13.1. The maximum atomic E-state index is 11.9. The van der Waals surface area contributed by atoms with Crippen molar-refractivity contribution in [1.82, 2.24) is 15.5 Å². The third kappa shape index (κ3) is 8.26. The molecule has 120 valence electrons. The van der Waals surface area contributed by atoms with Crippen molar-refractivity contribution >= 4 is 34.1 Å². The van der Waals surface area contributed by atoms with E-state index in [9.17, 15) is 4.79 Å². The molecule has 0 saturated carbocycles. The van der Waals surface area contributed by atoms with Gasteiger partial charge >= 0.3 is 0 Å².